The van der Waals surface area contributed by atoms with E-state index in [1.807, 2.05) is 12.2 Å². The third-order valence-electron chi connectivity index (χ3n) is 3.12. The summed E-state index contributed by atoms with van der Waals surface area (Å²) in [5.41, 5.74) is 9.90. The van der Waals surface area contributed by atoms with Crippen LogP contribution in [0.5, 0.6) is 0 Å². The fraction of sp³-hybridized carbons (Fsp3) is 0. The largest absolute Gasteiger partial charge is 0.436 e. The predicted octanol–water partition coefficient (Wildman–Crippen LogP) is 1.82. The molecule has 0 bridgehead atoms. The molecule has 0 radical (unpaired) electrons. The molecule has 8 heteroatoms. The van der Waals surface area contributed by atoms with Gasteiger partial charge in [-0.15, -0.1) is 5.10 Å². The van der Waals surface area contributed by atoms with Gasteiger partial charge in [0.2, 0.25) is 5.55 Å². The van der Waals surface area contributed by atoms with Crippen LogP contribution in [0, 0.1) is 10.9 Å². The van der Waals surface area contributed by atoms with Crippen molar-refractivity contribution in [1.82, 2.24) is 4.98 Å². The van der Waals surface area contributed by atoms with E-state index < -0.39 is 0 Å². The second-order valence-corrected chi connectivity index (χ2v) is 4.45. The molecule has 3 rings (SSSR count). The number of diazo groups is 1. The highest BCUT2D eigenvalue weighted by Crippen LogP contribution is 2.10. The highest BCUT2D eigenvalue weighted by atomic mass is 16.3. The Morgan fingerprint density at radius 2 is 1.70 bits per heavy atom. The lowest BCUT2D eigenvalue weighted by molar-refractivity contribution is 0.489. The van der Waals surface area contributed by atoms with Crippen molar-refractivity contribution < 1.29 is 4.42 Å². The molecule has 1 aromatic heterocycles. The Morgan fingerprint density at radius 1 is 1.00 bits per heavy atom. The minimum Gasteiger partial charge on any atom is -0.436 e. The summed E-state index contributed by atoms with van der Waals surface area (Å²) in [6, 6.07) is 0. The average Bonchev–Trinajstić information content (AvgIpc) is 3.06. The monoisotopic (exact) mass is 304 g/mol. The van der Waals surface area contributed by atoms with Crippen molar-refractivity contribution in [2.24, 2.45) is 15.4 Å². The summed E-state index contributed by atoms with van der Waals surface area (Å²) in [6.45, 7) is 0. The lowest BCUT2D eigenvalue weighted by atomic mass is 10.1. The molecule has 23 heavy (non-hydrogen) atoms. The Bertz CT molecular complexity index is 993. The molecule has 0 fully saturated rings. The van der Waals surface area contributed by atoms with Gasteiger partial charge >= 0.3 is 5.08 Å². The molecule has 0 atom stereocenters. The second kappa shape index (κ2) is 6.36. The quantitative estimate of drug-likeness (QED) is 0.484. The van der Waals surface area contributed by atoms with Crippen molar-refractivity contribution in [2.75, 3.05) is 0 Å². The number of hydrogen-bond acceptors (Lipinski definition) is 6. The standard InChI is InChI=1S/C15H10N7O/c16-21-19-12-7-3-1-5-10(12)14-9-18-15(23-14)11-6-2-4-8-13(11)20-22-17/h1-9,17H/q+1. The average molecular weight is 304 g/mol. The lowest BCUT2D eigenvalue weighted by Crippen LogP contribution is -2.15. The normalized spacial score (nSPS) is 24.3. The minimum atomic E-state index is 0.346. The molecule has 1 heterocycles. The van der Waals surface area contributed by atoms with Crippen molar-refractivity contribution in [2.45, 2.75) is 0 Å². The Labute approximate surface area is 130 Å². The molecule has 0 aliphatic heterocycles. The van der Waals surface area contributed by atoms with E-state index >= 15 is 0 Å². The van der Waals surface area contributed by atoms with Crippen LogP contribution >= 0.6 is 0 Å². The molecule has 0 saturated heterocycles. The third-order valence-corrected chi connectivity index (χ3v) is 3.12. The van der Waals surface area contributed by atoms with Gasteiger partial charge in [0.05, 0.1) is 17.3 Å². The van der Waals surface area contributed by atoms with Gasteiger partial charge in [-0.2, -0.15) is 5.53 Å². The van der Waals surface area contributed by atoms with Crippen molar-refractivity contribution in [3.05, 3.63) is 70.9 Å². The summed E-state index contributed by atoms with van der Waals surface area (Å²) in [6.07, 6.45) is 15.7. The molecule has 2 aliphatic rings. The molecule has 0 amide bonds. The highest BCUT2D eigenvalue weighted by Gasteiger charge is 2.13. The van der Waals surface area contributed by atoms with Gasteiger partial charge in [-0.1, -0.05) is 29.5 Å². The molecule has 0 saturated carbocycles. The molecule has 1 N–H and O–H groups in total. The summed E-state index contributed by atoms with van der Waals surface area (Å²) < 4.78 is 5.77. The van der Waals surface area contributed by atoms with Gasteiger partial charge in [-0.25, -0.2) is 4.98 Å². The van der Waals surface area contributed by atoms with Crippen LogP contribution in [0.25, 0.3) is 16.2 Å². The van der Waals surface area contributed by atoms with Crippen molar-refractivity contribution in [1.29, 1.82) is 10.9 Å². The molecule has 2 aliphatic carbocycles. The second-order valence-electron chi connectivity index (χ2n) is 4.45. The Hall–Kier alpha value is -3.73. The number of hydrogen-bond donors (Lipinski definition) is 1. The summed E-state index contributed by atoms with van der Waals surface area (Å²) in [5.74, 6) is 0. The molecule has 110 valence electrons. The van der Waals surface area contributed by atoms with Crippen LogP contribution < -0.4 is 11.0 Å². The zero-order chi connectivity index (χ0) is 16.1. The zero-order valence-electron chi connectivity index (χ0n) is 11.8. The Balaban J connectivity index is 2.22. The third kappa shape index (κ3) is 2.84. The first-order valence-electron chi connectivity index (χ1n) is 6.60. The minimum absolute atomic E-state index is 0.346. The van der Waals surface area contributed by atoms with E-state index in [9.17, 15) is 0 Å². The maximum Gasteiger partial charge on any atom is 0.339 e. The topological polar surface area (TPSA) is 115 Å². The molecule has 0 spiro atoms. The van der Waals surface area contributed by atoms with Gasteiger partial charge in [0.1, 0.15) is 5.71 Å². The maximum absolute atomic E-state index is 8.64. The number of aromatic nitrogens is 1. The van der Waals surface area contributed by atoms with Gasteiger partial charge in [0.15, 0.2) is 16.2 Å². The summed E-state index contributed by atoms with van der Waals surface area (Å²) >= 11 is 0. The van der Waals surface area contributed by atoms with E-state index in [4.69, 9.17) is 15.3 Å². The first-order valence-corrected chi connectivity index (χ1v) is 6.60. The molecule has 0 unspecified atom stereocenters. The Kier molecular flexibility index (Phi) is 3.93. The smallest absolute Gasteiger partial charge is 0.339 e. The molecular formula is C15H10N7O+. The first kappa shape index (κ1) is 14.2. The van der Waals surface area contributed by atoms with Crippen LogP contribution in [0.1, 0.15) is 0 Å². The van der Waals surface area contributed by atoms with Gasteiger partial charge < -0.3 is 4.42 Å². The number of nitrogens with one attached hydrogen (secondary N) is 1. The van der Waals surface area contributed by atoms with Gasteiger partial charge in [0.25, 0.3) is 5.39 Å². The van der Waals surface area contributed by atoms with Gasteiger partial charge in [-0.05, 0) is 24.3 Å². The van der Waals surface area contributed by atoms with Gasteiger partial charge in [-0.3, -0.25) is 0 Å². The SMILES string of the molecule is N#[N+]N=C1C=CC=CC1=c1cnc(=C2C=CC=CC2=NN=N)o1. The molecule has 8 nitrogen and oxygen atoms in total. The van der Waals surface area contributed by atoms with E-state index in [0.717, 1.165) is 0 Å². The maximum atomic E-state index is 8.64. The van der Waals surface area contributed by atoms with E-state index in [2.05, 4.69) is 25.5 Å². The summed E-state index contributed by atoms with van der Waals surface area (Å²) in [4.78, 5) is 4.24. The van der Waals surface area contributed by atoms with Crippen LogP contribution in [0.4, 0.5) is 0 Å². The molecule has 1 aromatic rings. The number of allylic oxidation sites excluding steroid dienone is 8. The number of nitrogens with zero attached hydrogens (tertiary/aromatic N) is 6. The van der Waals surface area contributed by atoms with Crippen LogP contribution in [0.15, 0.2) is 74.6 Å². The molecule has 0 aromatic carbocycles. The van der Waals surface area contributed by atoms with Crippen LogP contribution in [-0.4, -0.2) is 16.4 Å². The van der Waals surface area contributed by atoms with Gasteiger partial charge in [0, 0.05) is 0 Å². The molecular weight excluding hydrogens is 294 g/mol. The summed E-state index contributed by atoms with van der Waals surface area (Å²) in [7, 11) is 0. The van der Waals surface area contributed by atoms with Crippen LogP contribution in [0.3, 0.4) is 0 Å². The zero-order valence-corrected chi connectivity index (χ0v) is 11.8. The fourth-order valence-electron chi connectivity index (χ4n) is 2.14. The van der Waals surface area contributed by atoms with Crippen molar-refractivity contribution in [3.63, 3.8) is 0 Å². The number of oxazole rings is 1. The van der Waals surface area contributed by atoms with E-state index in [-0.39, 0.29) is 0 Å². The lowest BCUT2D eigenvalue weighted by Gasteiger charge is -2.01. The van der Waals surface area contributed by atoms with E-state index in [0.29, 0.717) is 33.5 Å². The predicted molar refractivity (Wildman–Crippen MR) is 84.2 cm³/mol. The number of rotatable bonds is 1. The van der Waals surface area contributed by atoms with E-state index in [1.165, 1.54) is 0 Å². The van der Waals surface area contributed by atoms with Crippen LogP contribution in [0.2, 0.25) is 0 Å². The van der Waals surface area contributed by atoms with Crippen molar-refractivity contribution >= 4 is 22.6 Å². The Morgan fingerprint density at radius 3 is 2.43 bits per heavy atom. The van der Waals surface area contributed by atoms with Crippen LogP contribution in [-0.2, 0) is 0 Å². The van der Waals surface area contributed by atoms with E-state index in [1.54, 1.807) is 42.7 Å². The van der Waals surface area contributed by atoms with Crippen molar-refractivity contribution in [3.8, 4) is 0 Å². The summed E-state index contributed by atoms with van der Waals surface area (Å²) in [5, 5.41) is 21.9. The highest BCUT2D eigenvalue weighted by molar-refractivity contribution is 6.28. The fourth-order valence-corrected chi connectivity index (χ4v) is 2.14. The first-order chi connectivity index (χ1) is 11.3.